The molecule has 0 saturated heterocycles. The molecule has 2 aromatic carbocycles. The molecular weight excluding hydrogens is 444 g/mol. The molecule has 0 radical (unpaired) electrons. The summed E-state index contributed by atoms with van der Waals surface area (Å²) in [6.45, 7) is 0. The molecule has 0 amide bonds. The fourth-order valence-electron chi connectivity index (χ4n) is 1.72. The quantitative estimate of drug-likeness (QED) is 0.531. The number of alkyl halides is 1. The number of anilines is 1. The SMILES string of the molecule is O=S(=O)(Nc1ccc(I)cc1Cl)c1ccc(CCCl)cc1. The predicted octanol–water partition coefficient (Wildman–Crippen LogP) is 4.53. The minimum atomic E-state index is -3.65. The lowest BCUT2D eigenvalue weighted by Gasteiger charge is -2.10. The van der Waals surface area contributed by atoms with Crippen molar-refractivity contribution >= 4 is 61.5 Å². The maximum Gasteiger partial charge on any atom is 0.261 e. The van der Waals surface area contributed by atoms with Gasteiger partial charge < -0.3 is 0 Å². The number of hydrogen-bond acceptors (Lipinski definition) is 2. The van der Waals surface area contributed by atoms with E-state index >= 15 is 0 Å². The molecule has 7 heteroatoms. The third-order valence-electron chi connectivity index (χ3n) is 2.79. The molecule has 0 aliphatic carbocycles. The topological polar surface area (TPSA) is 46.2 Å². The fraction of sp³-hybridized carbons (Fsp3) is 0.143. The highest BCUT2D eigenvalue weighted by atomic mass is 127. The summed E-state index contributed by atoms with van der Waals surface area (Å²) in [5, 5.41) is 0.365. The molecule has 2 rings (SSSR count). The molecule has 0 bridgehead atoms. The fourth-order valence-corrected chi connectivity index (χ4v) is 3.98. The average molecular weight is 456 g/mol. The Labute approximate surface area is 147 Å². The van der Waals surface area contributed by atoms with Crippen molar-refractivity contribution in [3.05, 3.63) is 56.6 Å². The average Bonchev–Trinajstić information content (AvgIpc) is 2.43. The van der Waals surface area contributed by atoms with Crippen LogP contribution in [0.4, 0.5) is 5.69 Å². The van der Waals surface area contributed by atoms with Gasteiger partial charge in [-0.25, -0.2) is 8.42 Å². The van der Waals surface area contributed by atoms with E-state index in [9.17, 15) is 8.42 Å². The molecule has 1 N–H and O–H groups in total. The molecule has 0 fully saturated rings. The number of halogens is 3. The second kappa shape index (κ2) is 7.17. The van der Waals surface area contributed by atoms with E-state index in [1.807, 2.05) is 0 Å². The van der Waals surface area contributed by atoms with Gasteiger partial charge in [0.05, 0.1) is 15.6 Å². The highest BCUT2D eigenvalue weighted by Gasteiger charge is 2.15. The number of sulfonamides is 1. The summed E-state index contributed by atoms with van der Waals surface area (Å²) in [5.41, 5.74) is 1.36. The van der Waals surface area contributed by atoms with E-state index in [0.29, 0.717) is 23.0 Å². The second-order valence-electron chi connectivity index (χ2n) is 4.31. The van der Waals surface area contributed by atoms with Crippen molar-refractivity contribution in [1.29, 1.82) is 0 Å². The van der Waals surface area contributed by atoms with Gasteiger partial charge in [0.1, 0.15) is 0 Å². The van der Waals surface area contributed by atoms with E-state index in [2.05, 4.69) is 27.3 Å². The number of rotatable bonds is 5. The van der Waals surface area contributed by atoms with Crippen molar-refractivity contribution in [2.75, 3.05) is 10.6 Å². The molecule has 112 valence electrons. The van der Waals surface area contributed by atoms with E-state index in [4.69, 9.17) is 23.2 Å². The molecule has 0 atom stereocenters. The first-order chi connectivity index (χ1) is 9.92. The summed E-state index contributed by atoms with van der Waals surface area (Å²) < 4.78 is 28.0. The largest absolute Gasteiger partial charge is 0.278 e. The van der Waals surface area contributed by atoms with Crippen LogP contribution in [0.3, 0.4) is 0 Å². The molecule has 21 heavy (non-hydrogen) atoms. The first-order valence-corrected chi connectivity index (χ1v) is 9.52. The molecule has 0 unspecified atom stereocenters. The Morgan fingerprint density at radius 2 is 1.76 bits per heavy atom. The summed E-state index contributed by atoms with van der Waals surface area (Å²) in [4.78, 5) is 0.190. The molecule has 0 aliphatic heterocycles. The lowest BCUT2D eigenvalue weighted by molar-refractivity contribution is 0.601. The zero-order chi connectivity index (χ0) is 15.5. The van der Waals surface area contributed by atoms with E-state index in [0.717, 1.165) is 9.13 Å². The standard InChI is InChI=1S/C14H12Cl2INO2S/c15-8-7-10-1-4-12(5-2-10)21(19,20)18-14-6-3-11(17)9-13(14)16/h1-6,9,18H,7-8H2. The van der Waals surface area contributed by atoms with Crippen LogP contribution < -0.4 is 4.72 Å². The van der Waals surface area contributed by atoms with Gasteiger partial charge in [0.25, 0.3) is 10.0 Å². The Bertz CT molecular complexity index is 733. The Hall–Kier alpha value is -0.500. The van der Waals surface area contributed by atoms with Gasteiger partial charge in [0, 0.05) is 9.45 Å². The van der Waals surface area contributed by atoms with Crippen LogP contribution in [0.1, 0.15) is 5.56 Å². The molecule has 0 saturated carbocycles. The van der Waals surface area contributed by atoms with Crippen LogP contribution in [0.2, 0.25) is 5.02 Å². The predicted molar refractivity (Wildman–Crippen MR) is 95.8 cm³/mol. The smallest absolute Gasteiger partial charge is 0.261 e. The van der Waals surface area contributed by atoms with Gasteiger partial charge in [-0.1, -0.05) is 23.7 Å². The number of aryl methyl sites for hydroxylation is 1. The van der Waals surface area contributed by atoms with Gasteiger partial charge in [0.15, 0.2) is 0 Å². The highest BCUT2D eigenvalue weighted by Crippen LogP contribution is 2.26. The van der Waals surface area contributed by atoms with Gasteiger partial charge in [-0.05, 0) is 64.9 Å². The Kier molecular flexibility index (Phi) is 5.76. The van der Waals surface area contributed by atoms with Crippen molar-refractivity contribution < 1.29 is 8.42 Å². The third kappa shape index (κ3) is 4.48. The van der Waals surface area contributed by atoms with Crippen LogP contribution >= 0.6 is 45.8 Å². The molecule has 3 nitrogen and oxygen atoms in total. The van der Waals surface area contributed by atoms with Crippen LogP contribution in [0, 0.1) is 3.57 Å². The van der Waals surface area contributed by atoms with E-state index < -0.39 is 10.0 Å². The minimum absolute atomic E-state index is 0.190. The zero-order valence-corrected chi connectivity index (χ0v) is 15.3. The lowest BCUT2D eigenvalue weighted by atomic mass is 10.2. The molecule has 2 aromatic rings. The normalized spacial score (nSPS) is 11.4. The minimum Gasteiger partial charge on any atom is -0.278 e. The van der Waals surface area contributed by atoms with Crippen molar-refractivity contribution in [3.8, 4) is 0 Å². The van der Waals surface area contributed by atoms with Crippen LogP contribution in [0.25, 0.3) is 0 Å². The van der Waals surface area contributed by atoms with E-state index in [1.54, 1.807) is 42.5 Å². The zero-order valence-electron chi connectivity index (χ0n) is 10.8. The van der Waals surface area contributed by atoms with Crippen LogP contribution in [0.5, 0.6) is 0 Å². The molecule has 0 aliphatic rings. The third-order valence-corrected chi connectivity index (χ3v) is 5.35. The van der Waals surface area contributed by atoms with Crippen LogP contribution in [-0.4, -0.2) is 14.3 Å². The van der Waals surface area contributed by atoms with Crippen molar-refractivity contribution in [2.24, 2.45) is 0 Å². The van der Waals surface area contributed by atoms with Gasteiger partial charge in [-0.15, -0.1) is 11.6 Å². The van der Waals surface area contributed by atoms with E-state index in [1.165, 1.54) is 0 Å². The number of benzene rings is 2. The van der Waals surface area contributed by atoms with Crippen LogP contribution in [-0.2, 0) is 16.4 Å². The van der Waals surface area contributed by atoms with E-state index in [-0.39, 0.29) is 4.90 Å². The summed E-state index contributed by atoms with van der Waals surface area (Å²) in [6, 6.07) is 11.8. The first-order valence-electron chi connectivity index (χ1n) is 6.05. The van der Waals surface area contributed by atoms with Crippen LogP contribution in [0.15, 0.2) is 47.4 Å². The number of nitrogens with one attached hydrogen (secondary N) is 1. The van der Waals surface area contributed by atoms with Gasteiger partial charge in [-0.3, -0.25) is 4.72 Å². The summed E-state index contributed by atoms with van der Waals surface area (Å²) in [5.74, 6) is 0.503. The van der Waals surface area contributed by atoms with Gasteiger partial charge >= 0.3 is 0 Å². The summed E-state index contributed by atoms with van der Waals surface area (Å²) >= 11 is 13.8. The molecule has 0 aromatic heterocycles. The maximum absolute atomic E-state index is 12.3. The second-order valence-corrected chi connectivity index (χ2v) is 8.03. The Balaban J connectivity index is 2.25. The Morgan fingerprint density at radius 1 is 1.10 bits per heavy atom. The van der Waals surface area contributed by atoms with Crippen molar-refractivity contribution in [2.45, 2.75) is 11.3 Å². The summed E-state index contributed by atoms with van der Waals surface area (Å²) in [6.07, 6.45) is 0.707. The summed E-state index contributed by atoms with van der Waals surface area (Å²) in [7, 11) is -3.65. The highest BCUT2D eigenvalue weighted by molar-refractivity contribution is 14.1. The van der Waals surface area contributed by atoms with Gasteiger partial charge in [-0.2, -0.15) is 0 Å². The number of hydrogen-bond donors (Lipinski definition) is 1. The monoisotopic (exact) mass is 455 g/mol. The van der Waals surface area contributed by atoms with Crippen molar-refractivity contribution in [3.63, 3.8) is 0 Å². The lowest BCUT2D eigenvalue weighted by Crippen LogP contribution is -2.13. The van der Waals surface area contributed by atoms with Crippen molar-refractivity contribution in [1.82, 2.24) is 0 Å². The van der Waals surface area contributed by atoms with Gasteiger partial charge in [0.2, 0.25) is 0 Å². The first kappa shape index (κ1) is 16.9. The molecular formula is C14H12Cl2INO2S. The molecule has 0 heterocycles. The Morgan fingerprint density at radius 3 is 2.33 bits per heavy atom. The maximum atomic E-state index is 12.3. The molecule has 0 spiro atoms.